The number of anilines is 1. The molecule has 2 rings (SSSR count). The molecular weight excluding hydrogens is 467 g/mol. The average molecular weight is 493 g/mol. The predicted octanol–water partition coefficient (Wildman–Crippen LogP) is 6.04. The van der Waals surface area contributed by atoms with Crippen LogP contribution >= 0.6 is 34.5 Å². The molecule has 6 nitrogen and oxygen atoms in total. The summed E-state index contributed by atoms with van der Waals surface area (Å²) in [6, 6.07) is 3.95. The average Bonchev–Trinajstić information content (AvgIpc) is 2.96. The van der Waals surface area contributed by atoms with Gasteiger partial charge in [-0.2, -0.15) is 0 Å². The Morgan fingerprint density at radius 1 is 1.13 bits per heavy atom. The maximum Gasteiger partial charge on any atom is 0.333 e. The maximum absolute atomic E-state index is 12.7. The monoisotopic (exact) mass is 492 g/mol. The molecule has 0 aliphatic carbocycles. The van der Waals surface area contributed by atoms with Crippen LogP contribution in [0, 0.1) is 0 Å². The van der Waals surface area contributed by atoms with E-state index in [2.05, 4.69) is 5.32 Å². The van der Waals surface area contributed by atoms with E-state index in [-0.39, 0.29) is 25.9 Å². The van der Waals surface area contributed by atoms with E-state index in [4.69, 9.17) is 23.2 Å². The fourth-order valence-electron chi connectivity index (χ4n) is 3.00. The molecule has 0 atom stereocenters. The topological polar surface area (TPSA) is 95.5 Å². The van der Waals surface area contributed by atoms with Crippen LogP contribution in [0.25, 0.3) is 0 Å². The molecule has 1 heterocycles. The van der Waals surface area contributed by atoms with Crippen molar-refractivity contribution in [2.45, 2.75) is 63.2 Å². The highest BCUT2D eigenvalue weighted by atomic mass is 35.5. The number of aliphatic hydroxyl groups is 1. The molecule has 0 saturated heterocycles. The fraction of sp³-hybridized carbons (Fsp3) is 0.450. The van der Waals surface area contributed by atoms with Crippen molar-refractivity contribution in [3.8, 4) is 0 Å². The van der Waals surface area contributed by atoms with Crippen molar-refractivity contribution in [2.24, 2.45) is 0 Å². The summed E-state index contributed by atoms with van der Waals surface area (Å²) < 4.78 is 27.4. The minimum atomic E-state index is -4.19. The van der Waals surface area contributed by atoms with Gasteiger partial charge in [-0.05, 0) is 48.9 Å². The molecule has 1 aromatic carbocycles. The third-order valence-electron chi connectivity index (χ3n) is 4.48. The summed E-state index contributed by atoms with van der Waals surface area (Å²) in [4.78, 5) is 12.6. The lowest BCUT2D eigenvalue weighted by Crippen LogP contribution is -2.34. The Balaban J connectivity index is 2.37. The van der Waals surface area contributed by atoms with Gasteiger partial charge in [-0.1, -0.05) is 57.0 Å². The number of carbonyl (C=O) groups is 1. The third-order valence-corrected chi connectivity index (χ3v) is 7.97. The zero-order valence-corrected chi connectivity index (χ0v) is 20.8. The lowest BCUT2D eigenvalue weighted by Gasteiger charge is -2.21. The second-order valence-electron chi connectivity index (χ2n) is 8.11. The third kappa shape index (κ3) is 5.48. The minimum Gasteiger partial charge on any atom is -0.386 e. The van der Waals surface area contributed by atoms with Crippen molar-refractivity contribution in [3.63, 3.8) is 0 Å². The van der Waals surface area contributed by atoms with E-state index in [0.29, 0.717) is 10.7 Å². The van der Waals surface area contributed by atoms with Crippen LogP contribution in [0.1, 0.15) is 70.1 Å². The Morgan fingerprint density at radius 3 is 2.20 bits per heavy atom. The molecule has 0 fully saturated rings. The van der Waals surface area contributed by atoms with Crippen molar-refractivity contribution in [1.29, 1.82) is 0 Å². The van der Waals surface area contributed by atoms with E-state index in [0.717, 1.165) is 22.5 Å². The summed E-state index contributed by atoms with van der Waals surface area (Å²) in [7, 11) is -4.19. The molecule has 1 aromatic heterocycles. The van der Waals surface area contributed by atoms with E-state index >= 15 is 0 Å². The van der Waals surface area contributed by atoms with Gasteiger partial charge in [0.1, 0.15) is 8.55 Å². The first-order valence-corrected chi connectivity index (χ1v) is 12.4. The van der Waals surface area contributed by atoms with Gasteiger partial charge in [0.2, 0.25) is 0 Å². The first-order valence-electron chi connectivity index (χ1n) is 9.33. The van der Waals surface area contributed by atoms with Crippen molar-refractivity contribution >= 4 is 56.3 Å². The van der Waals surface area contributed by atoms with Gasteiger partial charge in [0.15, 0.2) is 0 Å². The summed E-state index contributed by atoms with van der Waals surface area (Å²) in [6.07, 6.45) is 0. The molecule has 0 bridgehead atoms. The number of benzene rings is 1. The van der Waals surface area contributed by atoms with E-state index in [1.54, 1.807) is 6.07 Å². The molecule has 0 saturated carbocycles. The van der Waals surface area contributed by atoms with E-state index in [1.807, 2.05) is 38.5 Å². The van der Waals surface area contributed by atoms with Crippen molar-refractivity contribution in [3.05, 3.63) is 44.2 Å². The van der Waals surface area contributed by atoms with Crippen LogP contribution in [-0.2, 0) is 15.6 Å². The number of nitrogens with one attached hydrogen (secondary N) is 2. The molecule has 0 radical (unpaired) electrons. The number of urea groups is 1. The van der Waals surface area contributed by atoms with Crippen molar-refractivity contribution in [2.75, 3.05) is 5.32 Å². The molecule has 0 aliphatic rings. The highest BCUT2D eigenvalue weighted by molar-refractivity contribution is 7.92. The predicted molar refractivity (Wildman–Crippen MR) is 124 cm³/mol. The Kier molecular flexibility index (Phi) is 7.52. The summed E-state index contributed by atoms with van der Waals surface area (Å²) in [6.45, 7) is 10.8. The largest absolute Gasteiger partial charge is 0.386 e. The van der Waals surface area contributed by atoms with Gasteiger partial charge in [0, 0.05) is 10.6 Å². The molecule has 2 amide bonds. The standard InChI is InChI=1S/C20H26Cl2N2O4S2/c1-10(2)12-7-8-14(21)16(11(3)4)17(12)23-19(25)24-30(27,28)15-9-13(18(22)29-15)20(5,6)26/h7-11,26H,1-6H3,(H2,23,24,25). The Bertz CT molecular complexity index is 1060. The maximum atomic E-state index is 12.7. The Labute approximate surface area is 191 Å². The van der Waals surface area contributed by atoms with Gasteiger partial charge in [-0.25, -0.2) is 17.9 Å². The lowest BCUT2D eigenvalue weighted by atomic mass is 9.92. The van der Waals surface area contributed by atoms with E-state index < -0.39 is 21.7 Å². The number of thiophene rings is 1. The van der Waals surface area contributed by atoms with Gasteiger partial charge >= 0.3 is 6.03 Å². The number of amides is 2. The molecule has 0 aliphatic heterocycles. The number of rotatable bonds is 6. The van der Waals surface area contributed by atoms with Crippen LogP contribution in [-0.4, -0.2) is 19.6 Å². The summed E-state index contributed by atoms with van der Waals surface area (Å²) >= 11 is 13.2. The number of hydrogen-bond acceptors (Lipinski definition) is 5. The summed E-state index contributed by atoms with van der Waals surface area (Å²) in [5.41, 5.74) is 1.04. The van der Waals surface area contributed by atoms with Crippen molar-refractivity contribution in [1.82, 2.24) is 4.72 Å². The van der Waals surface area contributed by atoms with Crippen molar-refractivity contribution < 1.29 is 18.3 Å². The van der Waals surface area contributed by atoms with Gasteiger partial charge < -0.3 is 10.4 Å². The molecule has 0 spiro atoms. The number of sulfonamides is 1. The van der Waals surface area contributed by atoms with Crippen LogP contribution < -0.4 is 10.0 Å². The Morgan fingerprint density at radius 2 is 1.73 bits per heavy atom. The van der Waals surface area contributed by atoms with Crippen LogP contribution in [0.2, 0.25) is 9.36 Å². The lowest BCUT2D eigenvalue weighted by molar-refractivity contribution is 0.0790. The highest BCUT2D eigenvalue weighted by Gasteiger charge is 2.28. The smallest absolute Gasteiger partial charge is 0.333 e. The minimum absolute atomic E-state index is 0.00792. The summed E-state index contributed by atoms with van der Waals surface area (Å²) in [5.74, 6) is 0.0886. The first kappa shape index (κ1) is 24.9. The van der Waals surface area contributed by atoms with Gasteiger partial charge in [-0.3, -0.25) is 0 Å². The molecule has 166 valence electrons. The normalized spacial score (nSPS) is 12.5. The van der Waals surface area contributed by atoms with Gasteiger partial charge in [0.25, 0.3) is 10.0 Å². The van der Waals surface area contributed by atoms with Gasteiger partial charge in [-0.15, -0.1) is 11.3 Å². The first-order chi connectivity index (χ1) is 13.6. The second kappa shape index (κ2) is 9.04. The molecule has 30 heavy (non-hydrogen) atoms. The Hall–Kier alpha value is -1.32. The zero-order chi connectivity index (χ0) is 23.0. The molecule has 3 N–H and O–H groups in total. The molecule has 2 aromatic rings. The number of hydrogen-bond donors (Lipinski definition) is 3. The fourth-order valence-corrected chi connectivity index (χ4v) is 6.31. The number of halogens is 2. The molecule has 0 unspecified atom stereocenters. The zero-order valence-electron chi connectivity index (χ0n) is 17.6. The van der Waals surface area contributed by atoms with Crippen LogP contribution in [0.4, 0.5) is 10.5 Å². The highest BCUT2D eigenvalue weighted by Crippen LogP contribution is 2.38. The molecular formula is C20H26Cl2N2O4S2. The summed E-state index contributed by atoms with van der Waals surface area (Å²) in [5, 5.41) is 13.3. The van der Waals surface area contributed by atoms with Crippen LogP contribution in [0.5, 0.6) is 0 Å². The quantitative estimate of drug-likeness (QED) is 0.457. The van der Waals surface area contributed by atoms with Crippen LogP contribution in [0.15, 0.2) is 22.4 Å². The second-order valence-corrected chi connectivity index (χ2v) is 12.1. The molecule has 10 heteroatoms. The van der Waals surface area contributed by atoms with Gasteiger partial charge in [0.05, 0.1) is 11.3 Å². The van der Waals surface area contributed by atoms with E-state index in [1.165, 1.54) is 19.9 Å². The number of carbonyl (C=O) groups excluding carboxylic acids is 1. The van der Waals surface area contributed by atoms with E-state index in [9.17, 15) is 18.3 Å². The van der Waals surface area contributed by atoms with Crippen LogP contribution in [0.3, 0.4) is 0 Å². The SMILES string of the molecule is CC(C)c1ccc(Cl)c(C(C)C)c1NC(=O)NS(=O)(=O)c1cc(C(C)(C)O)c(Cl)s1.